The van der Waals surface area contributed by atoms with Crippen molar-refractivity contribution in [2.45, 2.75) is 12.8 Å². The number of carbonyl (C=O) groups excluding carboxylic acids is 1. The molecule has 6 heteroatoms. The van der Waals surface area contributed by atoms with Gasteiger partial charge in [0, 0.05) is 18.9 Å². The highest BCUT2D eigenvalue weighted by Gasteiger charge is 1.98. The van der Waals surface area contributed by atoms with Gasteiger partial charge in [0.15, 0.2) is 0 Å². The molecule has 17 heavy (non-hydrogen) atoms. The quantitative estimate of drug-likeness (QED) is 0.287. The minimum Gasteiger partial charge on any atom is -0.372 e. The number of ether oxygens (including phenoxy) is 1. The molecule has 0 aromatic carbocycles. The SMILES string of the molecule is CNCCCNCCCOCC(=O)NCCS. The fourth-order valence-electron chi connectivity index (χ4n) is 1.23. The van der Waals surface area contributed by atoms with E-state index in [0.717, 1.165) is 32.5 Å². The summed E-state index contributed by atoms with van der Waals surface area (Å²) in [6.45, 7) is 4.35. The molecule has 0 aliphatic carbocycles. The molecule has 0 aromatic heterocycles. The average molecular weight is 263 g/mol. The molecule has 0 aliphatic heterocycles. The van der Waals surface area contributed by atoms with Crippen molar-refractivity contribution in [3.8, 4) is 0 Å². The predicted octanol–water partition coefficient (Wildman–Crippen LogP) is -0.362. The van der Waals surface area contributed by atoms with Crippen molar-refractivity contribution < 1.29 is 9.53 Å². The lowest BCUT2D eigenvalue weighted by atomic mass is 10.4. The van der Waals surface area contributed by atoms with Crippen LogP contribution in [0.4, 0.5) is 0 Å². The molecule has 0 fully saturated rings. The van der Waals surface area contributed by atoms with Crippen LogP contribution in [0.25, 0.3) is 0 Å². The number of hydrogen-bond donors (Lipinski definition) is 4. The Bertz CT molecular complexity index is 182. The van der Waals surface area contributed by atoms with E-state index in [4.69, 9.17) is 4.74 Å². The maximum absolute atomic E-state index is 11.1. The molecule has 0 radical (unpaired) electrons. The second kappa shape index (κ2) is 13.8. The van der Waals surface area contributed by atoms with Crippen LogP contribution in [0, 0.1) is 0 Å². The fraction of sp³-hybridized carbons (Fsp3) is 0.909. The molecular formula is C11H25N3O2S. The normalized spacial score (nSPS) is 10.5. The van der Waals surface area contributed by atoms with Gasteiger partial charge in [0.25, 0.3) is 0 Å². The Hall–Kier alpha value is -0.300. The first-order chi connectivity index (χ1) is 8.31. The van der Waals surface area contributed by atoms with E-state index in [1.807, 2.05) is 7.05 Å². The molecule has 0 spiro atoms. The van der Waals surface area contributed by atoms with Gasteiger partial charge in [0.2, 0.25) is 5.91 Å². The highest BCUT2D eigenvalue weighted by molar-refractivity contribution is 7.80. The lowest BCUT2D eigenvalue weighted by molar-refractivity contribution is -0.125. The second-order valence-corrected chi connectivity index (χ2v) is 4.13. The number of carbonyl (C=O) groups is 1. The first kappa shape index (κ1) is 16.7. The molecule has 102 valence electrons. The topological polar surface area (TPSA) is 62.4 Å². The van der Waals surface area contributed by atoms with E-state index in [1.54, 1.807) is 0 Å². The van der Waals surface area contributed by atoms with Gasteiger partial charge in [0.1, 0.15) is 6.61 Å². The molecule has 0 atom stereocenters. The lowest BCUT2D eigenvalue weighted by Crippen LogP contribution is -2.29. The summed E-state index contributed by atoms with van der Waals surface area (Å²) < 4.78 is 5.23. The van der Waals surface area contributed by atoms with Gasteiger partial charge in [-0.25, -0.2) is 0 Å². The number of amides is 1. The van der Waals surface area contributed by atoms with Crippen LogP contribution >= 0.6 is 12.6 Å². The summed E-state index contributed by atoms with van der Waals surface area (Å²) in [6, 6.07) is 0. The van der Waals surface area contributed by atoms with Crippen LogP contribution in [0.5, 0.6) is 0 Å². The van der Waals surface area contributed by atoms with Crippen molar-refractivity contribution in [1.82, 2.24) is 16.0 Å². The standard InChI is InChI=1S/C11H25N3O2S/c1-12-4-2-5-13-6-3-8-16-10-11(15)14-7-9-17/h12-13,17H,2-10H2,1H3,(H,14,15). The zero-order valence-electron chi connectivity index (χ0n) is 10.6. The summed E-state index contributed by atoms with van der Waals surface area (Å²) in [7, 11) is 1.95. The maximum atomic E-state index is 11.1. The molecule has 0 rings (SSSR count). The van der Waals surface area contributed by atoms with E-state index in [1.165, 1.54) is 0 Å². The number of rotatable bonds is 12. The van der Waals surface area contributed by atoms with E-state index < -0.39 is 0 Å². The molecule has 0 aliphatic rings. The van der Waals surface area contributed by atoms with E-state index >= 15 is 0 Å². The number of thiol groups is 1. The van der Waals surface area contributed by atoms with Crippen molar-refractivity contribution in [1.29, 1.82) is 0 Å². The third kappa shape index (κ3) is 13.6. The number of nitrogens with one attached hydrogen (secondary N) is 3. The Kier molecular flexibility index (Phi) is 13.5. The monoisotopic (exact) mass is 263 g/mol. The molecule has 0 saturated carbocycles. The smallest absolute Gasteiger partial charge is 0.246 e. The molecule has 0 saturated heterocycles. The summed E-state index contributed by atoms with van der Waals surface area (Å²) in [5.41, 5.74) is 0. The fourth-order valence-corrected chi connectivity index (χ4v) is 1.34. The summed E-state index contributed by atoms with van der Waals surface area (Å²) in [6.07, 6.45) is 2.06. The molecular weight excluding hydrogens is 238 g/mol. The van der Waals surface area contributed by atoms with Gasteiger partial charge < -0.3 is 20.7 Å². The van der Waals surface area contributed by atoms with Crippen LogP contribution in [-0.4, -0.2) is 58.1 Å². The second-order valence-electron chi connectivity index (χ2n) is 3.69. The third-order valence-electron chi connectivity index (χ3n) is 2.09. The Balaban J connectivity index is 3.05. The Morgan fingerprint density at radius 3 is 2.65 bits per heavy atom. The maximum Gasteiger partial charge on any atom is 0.246 e. The largest absolute Gasteiger partial charge is 0.372 e. The van der Waals surface area contributed by atoms with Gasteiger partial charge in [-0.3, -0.25) is 4.79 Å². The van der Waals surface area contributed by atoms with Crippen molar-refractivity contribution in [3.63, 3.8) is 0 Å². The van der Waals surface area contributed by atoms with Gasteiger partial charge in [-0.15, -0.1) is 0 Å². The number of hydrogen-bond acceptors (Lipinski definition) is 5. The van der Waals surface area contributed by atoms with Crippen LogP contribution in [0.3, 0.4) is 0 Å². The van der Waals surface area contributed by atoms with Gasteiger partial charge in [0.05, 0.1) is 0 Å². The van der Waals surface area contributed by atoms with Gasteiger partial charge in [-0.05, 0) is 39.5 Å². The minimum absolute atomic E-state index is 0.0685. The van der Waals surface area contributed by atoms with Crippen molar-refractivity contribution >= 4 is 18.5 Å². The van der Waals surface area contributed by atoms with E-state index in [2.05, 4.69) is 28.6 Å². The molecule has 0 bridgehead atoms. The van der Waals surface area contributed by atoms with Crippen molar-refractivity contribution in [2.75, 3.05) is 52.2 Å². The summed E-state index contributed by atoms with van der Waals surface area (Å²) in [5, 5.41) is 9.10. The summed E-state index contributed by atoms with van der Waals surface area (Å²) >= 11 is 4.00. The zero-order chi connectivity index (χ0) is 12.8. The van der Waals surface area contributed by atoms with Crippen LogP contribution in [0.1, 0.15) is 12.8 Å². The van der Waals surface area contributed by atoms with Crippen molar-refractivity contribution in [2.24, 2.45) is 0 Å². The zero-order valence-corrected chi connectivity index (χ0v) is 11.5. The van der Waals surface area contributed by atoms with Crippen LogP contribution in [0.2, 0.25) is 0 Å². The van der Waals surface area contributed by atoms with Gasteiger partial charge >= 0.3 is 0 Å². The molecule has 0 aromatic rings. The first-order valence-electron chi connectivity index (χ1n) is 6.12. The Morgan fingerprint density at radius 2 is 1.94 bits per heavy atom. The molecule has 1 amide bonds. The predicted molar refractivity (Wildman–Crippen MR) is 73.7 cm³/mol. The summed E-state index contributed by atoms with van der Waals surface area (Å²) in [4.78, 5) is 11.1. The first-order valence-corrected chi connectivity index (χ1v) is 6.75. The van der Waals surface area contributed by atoms with E-state index in [-0.39, 0.29) is 12.5 Å². The van der Waals surface area contributed by atoms with Crippen LogP contribution in [-0.2, 0) is 9.53 Å². The summed E-state index contributed by atoms with van der Waals surface area (Å²) in [5.74, 6) is 0.587. The van der Waals surface area contributed by atoms with Gasteiger partial charge in [-0.2, -0.15) is 12.6 Å². The average Bonchev–Trinajstić information content (AvgIpc) is 2.34. The molecule has 0 unspecified atom stereocenters. The van der Waals surface area contributed by atoms with E-state index in [9.17, 15) is 4.79 Å². The lowest BCUT2D eigenvalue weighted by Gasteiger charge is -2.06. The molecule has 3 N–H and O–H groups in total. The highest BCUT2D eigenvalue weighted by atomic mass is 32.1. The molecule has 0 heterocycles. The minimum atomic E-state index is -0.0685. The Labute approximate surface area is 109 Å². The van der Waals surface area contributed by atoms with Gasteiger partial charge in [-0.1, -0.05) is 0 Å². The van der Waals surface area contributed by atoms with Crippen LogP contribution < -0.4 is 16.0 Å². The van der Waals surface area contributed by atoms with Crippen molar-refractivity contribution in [3.05, 3.63) is 0 Å². The highest BCUT2D eigenvalue weighted by Crippen LogP contribution is 1.82. The molecule has 5 nitrogen and oxygen atoms in total. The third-order valence-corrected chi connectivity index (χ3v) is 2.31. The Morgan fingerprint density at radius 1 is 1.18 bits per heavy atom. The van der Waals surface area contributed by atoms with Crippen LogP contribution in [0.15, 0.2) is 0 Å². The van der Waals surface area contributed by atoms with E-state index in [0.29, 0.717) is 18.9 Å².